The van der Waals surface area contributed by atoms with Crippen LogP contribution in [0, 0.1) is 0 Å². The Morgan fingerprint density at radius 3 is 2.00 bits per heavy atom. The first-order chi connectivity index (χ1) is 20.4. The minimum absolute atomic E-state index is 0.0899. The largest absolute Gasteiger partial charge is 0.394 e. The van der Waals surface area contributed by atoms with Gasteiger partial charge in [-0.3, -0.25) is 0 Å². The van der Waals surface area contributed by atoms with E-state index in [0.717, 1.165) is 0 Å². The minimum atomic E-state index is -1.60. The molecular weight excluding hydrogens is 580 g/mol. The predicted molar refractivity (Wildman–Crippen MR) is 142 cm³/mol. The standard InChI is InChI=1S/C23H44N8O12/c24-3-10-15(35)16(36)13(28)22(39-10)42-19-11(5-32)40-23(17(19)37)43-20-14(34)7(25)2-8(26)18(20)41-21-12(27)9(33)1-6(38-21)4-30-31-29/h6-23,32-37H,1-5,24-28H2. The van der Waals surface area contributed by atoms with Crippen LogP contribution in [0.5, 0.6) is 0 Å². The Morgan fingerprint density at radius 1 is 0.721 bits per heavy atom. The van der Waals surface area contributed by atoms with Crippen molar-refractivity contribution in [1.29, 1.82) is 0 Å². The quantitative estimate of drug-likeness (QED) is 0.0611. The fourth-order valence-corrected chi connectivity index (χ4v) is 5.78. The molecule has 0 amide bonds. The second-order valence-corrected chi connectivity index (χ2v) is 11.3. The van der Waals surface area contributed by atoms with Crippen LogP contribution in [0.1, 0.15) is 12.8 Å². The van der Waals surface area contributed by atoms with E-state index in [2.05, 4.69) is 10.0 Å². The van der Waals surface area contributed by atoms with Crippen molar-refractivity contribution >= 4 is 0 Å². The van der Waals surface area contributed by atoms with Crippen molar-refractivity contribution in [3.63, 3.8) is 0 Å². The third-order valence-corrected chi connectivity index (χ3v) is 8.33. The Bertz CT molecular complexity index is 954. The van der Waals surface area contributed by atoms with E-state index in [1.165, 1.54) is 0 Å². The van der Waals surface area contributed by atoms with E-state index in [-0.39, 0.29) is 25.9 Å². The topological polar surface area (TPSA) is 356 Å². The highest BCUT2D eigenvalue weighted by atomic mass is 16.8. The van der Waals surface area contributed by atoms with Crippen LogP contribution in [0.3, 0.4) is 0 Å². The first-order valence-corrected chi connectivity index (χ1v) is 14.1. The number of nitrogens with zero attached hydrogens (tertiary/aromatic N) is 3. The van der Waals surface area contributed by atoms with E-state index in [9.17, 15) is 30.6 Å². The molecule has 4 fully saturated rings. The lowest BCUT2D eigenvalue weighted by molar-refractivity contribution is -0.295. The number of ether oxygens (including phenoxy) is 6. The Morgan fingerprint density at radius 2 is 1.35 bits per heavy atom. The van der Waals surface area contributed by atoms with Gasteiger partial charge in [-0.05, 0) is 12.0 Å². The van der Waals surface area contributed by atoms with Gasteiger partial charge in [-0.2, -0.15) is 0 Å². The maximum atomic E-state index is 11.1. The molecule has 0 spiro atoms. The monoisotopic (exact) mass is 624 g/mol. The van der Waals surface area contributed by atoms with Crippen LogP contribution in [0.2, 0.25) is 0 Å². The molecule has 20 heteroatoms. The second-order valence-electron chi connectivity index (χ2n) is 11.3. The number of hydrogen-bond donors (Lipinski definition) is 11. The number of aliphatic hydroxyl groups excluding tert-OH is 6. The minimum Gasteiger partial charge on any atom is -0.394 e. The van der Waals surface area contributed by atoms with Gasteiger partial charge in [-0.15, -0.1) is 0 Å². The number of azide groups is 1. The zero-order chi connectivity index (χ0) is 31.6. The van der Waals surface area contributed by atoms with Crippen LogP contribution in [0.25, 0.3) is 10.4 Å². The molecule has 16 N–H and O–H groups in total. The third kappa shape index (κ3) is 7.38. The van der Waals surface area contributed by atoms with Crippen molar-refractivity contribution in [2.45, 2.75) is 123 Å². The average molecular weight is 625 g/mol. The van der Waals surface area contributed by atoms with Crippen molar-refractivity contribution in [2.24, 2.45) is 33.8 Å². The highest BCUT2D eigenvalue weighted by Crippen LogP contribution is 2.34. The van der Waals surface area contributed by atoms with Crippen molar-refractivity contribution in [1.82, 2.24) is 0 Å². The Hall–Kier alpha value is -1.37. The maximum absolute atomic E-state index is 11.1. The average Bonchev–Trinajstić information content (AvgIpc) is 3.28. The van der Waals surface area contributed by atoms with E-state index in [1.54, 1.807) is 0 Å². The molecule has 0 radical (unpaired) electrons. The van der Waals surface area contributed by atoms with Gasteiger partial charge >= 0.3 is 0 Å². The molecule has 248 valence electrons. The summed E-state index contributed by atoms with van der Waals surface area (Å²) in [6.45, 7) is -0.897. The molecule has 4 rings (SSSR count). The van der Waals surface area contributed by atoms with E-state index in [1.807, 2.05) is 0 Å². The van der Waals surface area contributed by atoms with Gasteiger partial charge in [-0.1, -0.05) is 5.11 Å². The molecule has 1 aliphatic carbocycles. The van der Waals surface area contributed by atoms with Gasteiger partial charge in [0, 0.05) is 30.0 Å². The van der Waals surface area contributed by atoms with E-state index >= 15 is 0 Å². The number of hydrogen-bond acceptors (Lipinski definition) is 18. The molecule has 3 heterocycles. The van der Waals surface area contributed by atoms with Crippen LogP contribution in [-0.4, -0.2) is 161 Å². The van der Waals surface area contributed by atoms with Crippen LogP contribution in [-0.2, 0) is 28.4 Å². The second kappa shape index (κ2) is 14.8. The van der Waals surface area contributed by atoms with Gasteiger partial charge in [0.25, 0.3) is 0 Å². The molecule has 18 atom stereocenters. The first kappa shape index (κ1) is 34.5. The normalized spacial score (nSPS) is 50.8. The molecule has 43 heavy (non-hydrogen) atoms. The van der Waals surface area contributed by atoms with E-state index in [0.29, 0.717) is 0 Å². The van der Waals surface area contributed by atoms with Crippen LogP contribution >= 0.6 is 0 Å². The molecule has 0 aromatic carbocycles. The van der Waals surface area contributed by atoms with Crippen LogP contribution < -0.4 is 28.7 Å². The summed E-state index contributed by atoms with van der Waals surface area (Å²) in [6.07, 6.45) is -17.5. The van der Waals surface area contributed by atoms with Gasteiger partial charge in [0.1, 0.15) is 48.8 Å². The fourth-order valence-electron chi connectivity index (χ4n) is 5.78. The zero-order valence-electron chi connectivity index (χ0n) is 23.3. The highest BCUT2D eigenvalue weighted by molar-refractivity contribution is 5.01. The van der Waals surface area contributed by atoms with Gasteiger partial charge in [-0.25, -0.2) is 0 Å². The lowest BCUT2D eigenvalue weighted by atomic mass is 9.84. The van der Waals surface area contributed by atoms with Gasteiger partial charge in [0.15, 0.2) is 18.9 Å². The maximum Gasteiger partial charge on any atom is 0.187 e. The first-order valence-electron chi connectivity index (χ1n) is 14.1. The molecule has 20 nitrogen and oxygen atoms in total. The molecule has 18 unspecified atom stereocenters. The fraction of sp³-hybridized carbons (Fsp3) is 1.00. The number of nitrogens with two attached hydrogens (primary N) is 5. The molecule has 0 aromatic rings. The molecule has 0 bridgehead atoms. The molecular formula is C23H44N8O12. The van der Waals surface area contributed by atoms with Crippen LogP contribution in [0.4, 0.5) is 0 Å². The highest BCUT2D eigenvalue weighted by Gasteiger charge is 2.53. The van der Waals surface area contributed by atoms with Gasteiger partial charge < -0.3 is 87.7 Å². The SMILES string of the molecule is [N-]=[N+]=NCC1CC(O)C(N)C(OC2C(N)CC(N)C(O)C2OC2OC(CO)C(OC3OC(CN)C(O)C(O)C3N)C2O)O1. The summed E-state index contributed by atoms with van der Waals surface area (Å²) in [5.74, 6) is 0. The smallest absolute Gasteiger partial charge is 0.187 e. The summed E-state index contributed by atoms with van der Waals surface area (Å²) < 4.78 is 34.9. The Kier molecular flexibility index (Phi) is 11.9. The molecule has 3 aliphatic heterocycles. The van der Waals surface area contributed by atoms with Crippen LogP contribution in [0.15, 0.2) is 5.11 Å². The predicted octanol–water partition coefficient (Wildman–Crippen LogP) is -6.51. The lowest BCUT2D eigenvalue weighted by Gasteiger charge is -2.46. The number of rotatable bonds is 10. The summed E-state index contributed by atoms with van der Waals surface area (Å²) in [7, 11) is 0. The van der Waals surface area contributed by atoms with Crippen molar-refractivity contribution in [2.75, 3.05) is 19.7 Å². The van der Waals surface area contributed by atoms with Gasteiger partial charge in [0.2, 0.25) is 0 Å². The third-order valence-electron chi connectivity index (χ3n) is 8.33. The molecule has 4 aliphatic rings. The summed E-state index contributed by atoms with van der Waals surface area (Å²) >= 11 is 0. The van der Waals surface area contributed by atoms with E-state index in [4.69, 9.17) is 62.6 Å². The molecule has 3 saturated heterocycles. The molecule has 1 saturated carbocycles. The Balaban J connectivity index is 1.49. The number of aliphatic hydroxyl groups is 6. The summed E-state index contributed by atoms with van der Waals surface area (Å²) in [5, 5.41) is 66.4. The zero-order valence-corrected chi connectivity index (χ0v) is 23.3. The summed E-state index contributed by atoms with van der Waals surface area (Å²) in [6, 6.07) is -3.96. The van der Waals surface area contributed by atoms with Crippen molar-refractivity contribution in [3.8, 4) is 0 Å². The summed E-state index contributed by atoms with van der Waals surface area (Å²) in [5.41, 5.74) is 38.8. The van der Waals surface area contributed by atoms with Gasteiger partial charge in [0.05, 0.1) is 43.5 Å². The van der Waals surface area contributed by atoms with Crippen molar-refractivity contribution in [3.05, 3.63) is 10.4 Å². The van der Waals surface area contributed by atoms with E-state index < -0.39 is 117 Å². The van der Waals surface area contributed by atoms with Crippen molar-refractivity contribution < 1.29 is 59.1 Å². The molecule has 0 aromatic heterocycles. The Labute approximate surface area is 246 Å². The lowest BCUT2D eigenvalue weighted by Crippen LogP contribution is -2.66. The summed E-state index contributed by atoms with van der Waals surface area (Å²) in [4.78, 5) is 2.69.